The van der Waals surface area contributed by atoms with Crippen LogP contribution in [0.1, 0.15) is 76.2 Å². The van der Waals surface area contributed by atoms with Crippen molar-refractivity contribution in [3.63, 3.8) is 0 Å². The number of aromatic nitrogens is 3. The molecule has 1 aliphatic carbocycles. The average molecular weight is 888 g/mol. The van der Waals surface area contributed by atoms with Crippen molar-refractivity contribution in [3.05, 3.63) is 117 Å². The Hall–Kier alpha value is -5.08. The number of nitrogens with zero attached hydrogens (tertiary/aromatic N) is 4. The third-order valence-electron chi connectivity index (χ3n) is 11.7. The summed E-state index contributed by atoms with van der Waals surface area (Å²) in [6.07, 6.45) is 8.39. The van der Waals surface area contributed by atoms with Gasteiger partial charge in [-0.15, -0.1) is 0 Å². The fourth-order valence-corrected chi connectivity index (χ4v) is 9.22. The van der Waals surface area contributed by atoms with Crippen LogP contribution in [-0.2, 0) is 10.0 Å². The van der Waals surface area contributed by atoms with Crippen molar-refractivity contribution in [2.75, 3.05) is 44.2 Å². The van der Waals surface area contributed by atoms with Crippen LogP contribution in [0.2, 0.25) is 10.0 Å². The van der Waals surface area contributed by atoms with Crippen molar-refractivity contribution in [3.8, 4) is 17.4 Å². The number of hydrogen-bond donors (Lipinski definition) is 3. The zero-order valence-electron chi connectivity index (χ0n) is 35.1. The summed E-state index contributed by atoms with van der Waals surface area (Å²) in [5, 5.41) is 11.6. The molecule has 2 aromatic carbocycles. The Morgan fingerprint density at radius 1 is 1.02 bits per heavy atom. The largest absolute Gasteiger partial charge is 0.513 e. The number of hydrogen-bond acceptors (Lipinski definition) is 10. The van der Waals surface area contributed by atoms with Crippen molar-refractivity contribution < 1.29 is 27.8 Å². The van der Waals surface area contributed by atoms with Crippen LogP contribution in [0.4, 0.5) is 5.69 Å². The number of carbonyl (C=O) groups is 1. The molecule has 3 aromatic heterocycles. The molecule has 0 spiro atoms. The van der Waals surface area contributed by atoms with E-state index in [4.69, 9.17) is 32.7 Å². The number of allylic oxidation sites excluding steroid dienone is 2. The van der Waals surface area contributed by atoms with Gasteiger partial charge in [-0.25, -0.2) is 23.1 Å². The first kappa shape index (κ1) is 44.0. The maximum atomic E-state index is 13.9. The van der Waals surface area contributed by atoms with Gasteiger partial charge in [0, 0.05) is 66.7 Å². The highest BCUT2D eigenvalue weighted by Crippen LogP contribution is 2.43. The molecule has 1 amide bonds. The number of amides is 1. The lowest BCUT2D eigenvalue weighted by Gasteiger charge is -2.39. The maximum absolute atomic E-state index is 13.9. The minimum atomic E-state index is -4.45. The summed E-state index contributed by atoms with van der Waals surface area (Å²) >= 11 is 12.7. The van der Waals surface area contributed by atoms with E-state index in [2.05, 4.69) is 55.5 Å². The molecule has 1 fully saturated rings. The molecule has 7 rings (SSSR count). The van der Waals surface area contributed by atoms with Gasteiger partial charge in [-0.2, -0.15) is 0 Å². The number of pyridine rings is 2. The van der Waals surface area contributed by atoms with Gasteiger partial charge in [0.1, 0.15) is 33.7 Å². The summed E-state index contributed by atoms with van der Waals surface area (Å²) in [5.41, 5.74) is 6.56. The predicted molar refractivity (Wildman–Crippen MR) is 241 cm³/mol. The topological polar surface area (TPSA) is 150 Å². The number of piperazine rings is 1. The van der Waals surface area contributed by atoms with Gasteiger partial charge in [0.15, 0.2) is 0 Å². The Labute approximate surface area is 367 Å². The van der Waals surface area contributed by atoms with E-state index in [1.165, 1.54) is 22.8 Å². The van der Waals surface area contributed by atoms with Crippen LogP contribution in [-0.4, -0.2) is 78.6 Å². The Balaban J connectivity index is 1.08. The lowest BCUT2D eigenvalue weighted by atomic mass is 9.72. The highest BCUT2D eigenvalue weighted by molar-refractivity contribution is 7.90. The Morgan fingerprint density at radius 3 is 2.48 bits per heavy atom. The molecule has 1 atom stereocenters. The maximum Gasteiger partial charge on any atom is 0.268 e. The molecule has 12 nitrogen and oxygen atoms in total. The number of rotatable bonds is 14. The van der Waals surface area contributed by atoms with Gasteiger partial charge < -0.3 is 24.5 Å². The van der Waals surface area contributed by atoms with E-state index < -0.39 is 15.9 Å². The van der Waals surface area contributed by atoms with E-state index in [0.29, 0.717) is 17.0 Å². The number of carbonyl (C=O) groups excluding carboxylic acids is 1. The van der Waals surface area contributed by atoms with Gasteiger partial charge in [0.25, 0.3) is 15.9 Å². The van der Waals surface area contributed by atoms with Crippen LogP contribution in [0.25, 0.3) is 16.6 Å². The first-order valence-electron chi connectivity index (χ1n) is 20.5. The van der Waals surface area contributed by atoms with Crippen molar-refractivity contribution >= 4 is 61.4 Å². The molecule has 5 aromatic rings. The third-order valence-corrected chi connectivity index (χ3v) is 13.5. The fraction of sp³-hybridized carbons (Fsp3) is 0.370. The quantitative estimate of drug-likeness (QED) is 0.0920. The van der Waals surface area contributed by atoms with Gasteiger partial charge in [0.2, 0.25) is 5.88 Å². The van der Waals surface area contributed by atoms with Crippen LogP contribution in [0.15, 0.2) is 101 Å². The molecular weight excluding hydrogens is 836 g/mol. The summed E-state index contributed by atoms with van der Waals surface area (Å²) in [6.45, 7) is 14.3. The minimum Gasteiger partial charge on any atom is -0.513 e. The summed E-state index contributed by atoms with van der Waals surface area (Å²) in [7, 11) is -4.45. The molecule has 1 saturated heterocycles. The molecule has 0 unspecified atom stereocenters. The lowest BCUT2D eigenvalue weighted by Crippen LogP contribution is -2.47. The summed E-state index contributed by atoms with van der Waals surface area (Å²) in [4.78, 5) is 29.9. The normalized spacial score (nSPS) is 16.9. The number of nitrogens with one attached hydrogen (secondary N) is 2. The van der Waals surface area contributed by atoms with Gasteiger partial charge in [0.05, 0.1) is 23.7 Å². The summed E-state index contributed by atoms with van der Waals surface area (Å²) in [5.74, 6) is -0.175. The number of halogens is 2. The Morgan fingerprint density at radius 2 is 1.77 bits per heavy atom. The second-order valence-corrected chi connectivity index (χ2v) is 19.2. The molecule has 1 aliphatic heterocycles. The van der Waals surface area contributed by atoms with E-state index in [1.54, 1.807) is 37.5 Å². The second-order valence-electron chi connectivity index (χ2n) is 16.7. The highest BCUT2D eigenvalue weighted by Gasteiger charge is 2.30. The third kappa shape index (κ3) is 10.5. The van der Waals surface area contributed by atoms with E-state index >= 15 is 0 Å². The minimum absolute atomic E-state index is 0.00441. The van der Waals surface area contributed by atoms with Gasteiger partial charge in [-0.3, -0.25) is 9.69 Å². The number of fused-ring (bicyclic) bond motifs is 1. The van der Waals surface area contributed by atoms with E-state index in [1.807, 2.05) is 38.1 Å². The average Bonchev–Trinajstić information content (AvgIpc) is 3.70. The molecule has 2 aliphatic rings. The second kappa shape index (κ2) is 18.5. The predicted octanol–water partition coefficient (Wildman–Crippen LogP) is 10.2. The summed E-state index contributed by atoms with van der Waals surface area (Å²) < 4.78 is 41.4. The number of aliphatic hydroxyl groups is 1. The van der Waals surface area contributed by atoms with Crippen LogP contribution in [0, 0.1) is 11.3 Å². The van der Waals surface area contributed by atoms with Crippen LogP contribution in [0.3, 0.4) is 0 Å². The number of benzene rings is 2. The van der Waals surface area contributed by atoms with Crippen LogP contribution < -0.4 is 19.1 Å². The lowest BCUT2D eigenvalue weighted by molar-refractivity contribution is 0.0979. The standard InChI is InChI=1S/C46H52Cl2N6O6S/c1-6-29(2)40(30(3)55)28-59-45-41(48)23-37(26-51-45)61(57,58)52-44(56)38-12-11-35(22-42(38)60-36-21-32-14-16-49-43(32)50-25-36)54-19-17-53(18-20-54)27-33-13-15-46(4,5)24-39(33)31-7-9-34(47)10-8-31/h7-12,14,16,21-23,25-26,29,55H,6,13,15,17-20,24,27-28H2,1-5H3,(H,49,50)(H,52,56)/b40-30+/t29-/m0/s1. The fourth-order valence-electron chi connectivity index (χ4n) is 7.87. The Bertz CT molecular complexity index is 2580. The van der Waals surface area contributed by atoms with Crippen molar-refractivity contribution in [1.82, 2.24) is 24.6 Å². The van der Waals surface area contributed by atoms with Crippen LogP contribution >= 0.6 is 23.2 Å². The van der Waals surface area contributed by atoms with Crippen molar-refractivity contribution in [1.29, 1.82) is 0 Å². The number of ether oxygens (including phenoxy) is 2. The molecule has 0 bridgehead atoms. The van der Waals surface area contributed by atoms with Crippen LogP contribution in [0.5, 0.6) is 17.4 Å². The highest BCUT2D eigenvalue weighted by atomic mass is 35.5. The van der Waals surface area contributed by atoms with Gasteiger partial charge in [-0.05, 0) is 97.5 Å². The molecule has 0 radical (unpaired) electrons. The molecule has 3 N–H and O–H groups in total. The molecule has 4 heterocycles. The van der Waals surface area contributed by atoms with E-state index in [9.17, 15) is 18.3 Å². The number of aromatic amines is 1. The van der Waals surface area contributed by atoms with Crippen molar-refractivity contribution in [2.45, 2.75) is 65.2 Å². The number of anilines is 1. The van der Waals surface area contributed by atoms with Gasteiger partial charge >= 0.3 is 0 Å². The van der Waals surface area contributed by atoms with E-state index in [-0.39, 0.29) is 50.8 Å². The number of sulfonamides is 1. The molecular formula is C46H52Cl2N6O6S. The number of H-pyrrole nitrogens is 1. The van der Waals surface area contributed by atoms with Crippen molar-refractivity contribution in [2.24, 2.45) is 11.3 Å². The smallest absolute Gasteiger partial charge is 0.268 e. The van der Waals surface area contributed by atoms with Gasteiger partial charge in [-0.1, -0.05) is 68.6 Å². The zero-order valence-corrected chi connectivity index (χ0v) is 37.4. The first-order chi connectivity index (χ1) is 29.1. The Kier molecular flexibility index (Phi) is 13.3. The van der Waals surface area contributed by atoms with E-state index in [0.717, 1.165) is 80.7 Å². The number of aliphatic hydroxyl groups excluding tert-OH is 1. The molecule has 322 valence electrons. The zero-order chi connectivity index (χ0) is 43.5. The first-order valence-corrected chi connectivity index (χ1v) is 22.8. The SMILES string of the molecule is CC[C@H](C)/C(COc1ncc(S(=O)(=O)NC(=O)c2ccc(N3CCN(CC4=C(c5ccc(Cl)cc5)CC(C)(C)CC4)CC3)cc2Oc2cnc3[nH]ccc3c2)cc1Cl)=C(\C)O. The monoisotopic (exact) mass is 886 g/mol. The summed E-state index contributed by atoms with van der Waals surface area (Å²) in [6, 6.07) is 18.2. The molecule has 61 heavy (non-hydrogen) atoms. The molecule has 0 saturated carbocycles. The molecule has 15 heteroatoms.